The minimum atomic E-state index is -4.46. The van der Waals surface area contributed by atoms with E-state index >= 15 is 0 Å². The molecule has 0 atom stereocenters. The first kappa shape index (κ1) is 11.9. The van der Waals surface area contributed by atoms with Gasteiger partial charge in [0, 0.05) is 4.88 Å². The first-order valence-corrected chi connectivity index (χ1v) is 4.96. The fourth-order valence-electron chi connectivity index (χ4n) is 1.02. The van der Waals surface area contributed by atoms with E-state index in [4.69, 9.17) is 0 Å². The van der Waals surface area contributed by atoms with Crippen LogP contribution in [0.25, 0.3) is 0 Å². The fourth-order valence-corrected chi connectivity index (χ4v) is 1.99. The van der Waals surface area contributed by atoms with Crippen molar-refractivity contribution in [1.82, 2.24) is 0 Å². The van der Waals surface area contributed by atoms with Crippen LogP contribution >= 0.6 is 11.3 Å². The van der Waals surface area contributed by atoms with Crippen LogP contribution in [-0.2, 0) is 11.0 Å². The smallest absolute Gasteiger partial charge is 0.211 e. The molecule has 0 spiro atoms. The molecule has 0 N–H and O–H groups in total. The van der Waals surface area contributed by atoms with Crippen LogP contribution in [0.3, 0.4) is 0 Å². The Morgan fingerprint density at radius 2 is 2.07 bits per heavy atom. The Labute approximate surface area is 88.4 Å². The molecule has 1 heterocycles. The maximum atomic E-state index is 12.5. The summed E-state index contributed by atoms with van der Waals surface area (Å²) in [6.45, 7) is 3.56. The van der Waals surface area contributed by atoms with Crippen LogP contribution in [0.15, 0.2) is 11.1 Å². The van der Waals surface area contributed by atoms with Crippen molar-refractivity contribution >= 4 is 23.1 Å². The van der Waals surface area contributed by atoms with Gasteiger partial charge in [-0.05, 0) is 12.0 Å². The second-order valence-electron chi connectivity index (χ2n) is 3.22. The van der Waals surface area contributed by atoms with Gasteiger partial charge in [0.05, 0.1) is 5.69 Å². The molecule has 1 rings (SSSR count). The lowest BCUT2D eigenvalue weighted by atomic mass is 10.2. The van der Waals surface area contributed by atoms with Gasteiger partial charge in [-0.25, -0.2) is 4.79 Å². The zero-order valence-electron chi connectivity index (χ0n) is 8.05. The zero-order chi connectivity index (χ0) is 11.6. The summed E-state index contributed by atoms with van der Waals surface area (Å²) in [6, 6.07) is 1.28. The van der Waals surface area contributed by atoms with Gasteiger partial charge < -0.3 is 0 Å². The van der Waals surface area contributed by atoms with E-state index in [1.165, 1.54) is 6.07 Å². The molecule has 0 saturated carbocycles. The average molecular weight is 235 g/mol. The number of halogens is 3. The Hall–Kier alpha value is -1.13. The van der Waals surface area contributed by atoms with Gasteiger partial charge in [-0.15, -0.1) is 11.3 Å². The molecule has 82 valence electrons. The van der Waals surface area contributed by atoms with Crippen LogP contribution < -0.4 is 0 Å². The molecule has 1 aromatic heterocycles. The lowest BCUT2D eigenvalue weighted by Crippen LogP contribution is -2.01. The van der Waals surface area contributed by atoms with E-state index in [1.807, 2.05) is 0 Å². The van der Waals surface area contributed by atoms with E-state index in [9.17, 15) is 18.0 Å². The van der Waals surface area contributed by atoms with E-state index in [0.29, 0.717) is 16.2 Å². The van der Waals surface area contributed by atoms with Gasteiger partial charge in [0.1, 0.15) is 4.88 Å². The van der Waals surface area contributed by atoms with Crippen LogP contribution in [0.1, 0.15) is 29.5 Å². The summed E-state index contributed by atoms with van der Waals surface area (Å²) in [5.41, 5.74) is -0.341. The zero-order valence-corrected chi connectivity index (χ0v) is 8.87. The molecule has 0 saturated heterocycles. The lowest BCUT2D eigenvalue weighted by molar-refractivity contribution is -0.133. The Balaban J connectivity index is 3.29. The molecular weight excluding hydrogens is 227 g/mol. The van der Waals surface area contributed by atoms with Gasteiger partial charge in [-0.2, -0.15) is 18.2 Å². The predicted octanol–water partition coefficient (Wildman–Crippen LogP) is 3.86. The van der Waals surface area contributed by atoms with E-state index in [0.717, 1.165) is 6.08 Å². The third-order valence-corrected chi connectivity index (χ3v) is 3.19. The highest BCUT2D eigenvalue weighted by atomic mass is 32.1. The van der Waals surface area contributed by atoms with Crippen molar-refractivity contribution in [2.24, 2.45) is 4.99 Å². The standard InChI is InChI=1S/C9H8F3NOS/c1-5(2)7-3-6(13-4-14)8(15-7)9(10,11)12/h3,5H,1-2H3. The number of aliphatic imine (C=N–C) groups is 1. The van der Waals surface area contributed by atoms with Gasteiger partial charge in [-0.1, -0.05) is 13.8 Å². The minimum Gasteiger partial charge on any atom is -0.211 e. The van der Waals surface area contributed by atoms with Crippen molar-refractivity contribution < 1.29 is 18.0 Å². The van der Waals surface area contributed by atoms with E-state index in [-0.39, 0.29) is 11.6 Å². The Morgan fingerprint density at radius 1 is 1.47 bits per heavy atom. The van der Waals surface area contributed by atoms with Crippen LogP contribution in [0.5, 0.6) is 0 Å². The number of thiophene rings is 1. The van der Waals surface area contributed by atoms with Crippen LogP contribution in [0.2, 0.25) is 0 Å². The fraction of sp³-hybridized carbons (Fsp3) is 0.444. The van der Waals surface area contributed by atoms with Gasteiger partial charge in [0.15, 0.2) is 0 Å². The quantitative estimate of drug-likeness (QED) is 0.565. The normalized spacial score (nSPS) is 11.6. The number of hydrogen-bond acceptors (Lipinski definition) is 3. The summed E-state index contributed by atoms with van der Waals surface area (Å²) < 4.78 is 37.4. The van der Waals surface area contributed by atoms with Gasteiger partial charge in [-0.3, -0.25) is 0 Å². The molecule has 0 fully saturated rings. The van der Waals surface area contributed by atoms with E-state index < -0.39 is 11.1 Å². The predicted molar refractivity (Wildman–Crippen MR) is 51.2 cm³/mol. The van der Waals surface area contributed by atoms with E-state index in [2.05, 4.69) is 4.99 Å². The van der Waals surface area contributed by atoms with Crippen molar-refractivity contribution in [2.45, 2.75) is 25.9 Å². The van der Waals surface area contributed by atoms with Crippen LogP contribution in [-0.4, -0.2) is 6.08 Å². The van der Waals surface area contributed by atoms with Crippen molar-refractivity contribution in [3.05, 3.63) is 15.8 Å². The van der Waals surface area contributed by atoms with Gasteiger partial charge in [0.25, 0.3) is 0 Å². The molecule has 0 bridgehead atoms. The third-order valence-electron chi connectivity index (χ3n) is 1.72. The lowest BCUT2D eigenvalue weighted by Gasteiger charge is -2.03. The number of alkyl halides is 3. The SMILES string of the molecule is CC(C)c1cc(N=C=O)c(C(F)(F)F)s1. The summed E-state index contributed by atoms with van der Waals surface area (Å²) >= 11 is 0.617. The van der Waals surface area contributed by atoms with Crippen LogP contribution in [0.4, 0.5) is 18.9 Å². The molecule has 0 aliphatic carbocycles. The average Bonchev–Trinajstić information content (AvgIpc) is 2.48. The van der Waals surface area contributed by atoms with Crippen molar-refractivity contribution in [1.29, 1.82) is 0 Å². The van der Waals surface area contributed by atoms with E-state index in [1.54, 1.807) is 13.8 Å². The Kier molecular flexibility index (Phi) is 3.31. The largest absolute Gasteiger partial charge is 0.427 e. The summed E-state index contributed by atoms with van der Waals surface area (Å²) in [7, 11) is 0. The molecule has 0 amide bonds. The molecule has 0 unspecified atom stereocenters. The highest BCUT2D eigenvalue weighted by molar-refractivity contribution is 7.12. The summed E-state index contributed by atoms with van der Waals surface area (Å²) in [6.07, 6.45) is -3.33. The molecule has 15 heavy (non-hydrogen) atoms. The number of hydrogen-bond donors (Lipinski definition) is 0. The van der Waals surface area contributed by atoms with Crippen molar-refractivity contribution in [3.8, 4) is 0 Å². The number of carbonyl (C=O) groups excluding carboxylic acids is 1. The third kappa shape index (κ3) is 2.67. The first-order chi connectivity index (χ1) is 6.86. The minimum absolute atomic E-state index is 0.0216. The molecule has 1 aromatic rings. The molecule has 6 heteroatoms. The summed E-state index contributed by atoms with van der Waals surface area (Å²) in [4.78, 5) is 12.8. The number of isocyanates is 1. The second-order valence-corrected chi connectivity index (χ2v) is 4.30. The monoisotopic (exact) mass is 235 g/mol. The molecule has 0 aromatic carbocycles. The summed E-state index contributed by atoms with van der Waals surface area (Å²) in [5.74, 6) is -0.0216. The highest BCUT2D eigenvalue weighted by Gasteiger charge is 2.36. The number of rotatable bonds is 2. The highest BCUT2D eigenvalue weighted by Crippen LogP contribution is 2.43. The van der Waals surface area contributed by atoms with Gasteiger partial charge in [0.2, 0.25) is 6.08 Å². The summed E-state index contributed by atoms with van der Waals surface area (Å²) in [5, 5.41) is 0. The van der Waals surface area contributed by atoms with Gasteiger partial charge >= 0.3 is 6.18 Å². The van der Waals surface area contributed by atoms with Crippen molar-refractivity contribution in [3.63, 3.8) is 0 Å². The topological polar surface area (TPSA) is 29.4 Å². The van der Waals surface area contributed by atoms with Crippen LogP contribution in [0, 0.1) is 0 Å². The molecule has 0 radical (unpaired) electrons. The molecule has 0 aliphatic rings. The molecule has 0 aliphatic heterocycles. The maximum absolute atomic E-state index is 12.5. The molecular formula is C9H8F3NOS. The first-order valence-electron chi connectivity index (χ1n) is 4.15. The Bertz CT molecular complexity index is 402. The number of nitrogens with zero attached hydrogens (tertiary/aromatic N) is 1. The maximum Gasteiger partial charge on any atom is 0.427 e. The second kappa shape index (κ2) is 4.16. The Morgan fingerprint density at radius 3 is 2.47 bits per heavy atom. The molecule has 2 nitrogen and oxygen atoms in total. The van der Waals surface area contributed by atoms with Crippen molar-refractivity contribution in [2.75, 3.05) is 0 Å².